The minimum atomic E-state index is 0.253. The molecule has 0 fully saturated rings. The average Bonchev–Trinajstić information content (AvgIpc) is 2.69. The SMILES string of the molecule is CC(C)c1nc(N)cc(-n2cccn2)n1. The Bertz CT molecular complexity index is 447. The van der Waals surface area contributed by atoms with E-state index in [9.17, 15) is 0 Å². The van der Waals surface area contributed by atoms with Crippen LogP contribution in [0.3, 0.4) is 0 Å². The summed E-state index contributed by atoms with van der Waals surface area (Å²) in [5.74, 6) is 2.17. The van der Waals surface area contributed by atoms with Crippen molar-refractivity contribution in [2.75, 3.05) is 5.73 Å². The molecule has 0 aliphatic carbocycles. The van der Waals surface area contributed by atoms with Gasteiger partial charge in [0, 0.05) is 24.4 Å². The number of nitrogens with two attached hydrogens (primary N) is 1. The first-order valence-electron chi connectivity index (χ1n) is 4.81. The summed E-state index contributed by atoms with van der Waals surface area (Å²) in [6.07, 6.45) is 3.53. The van der Waals surface area contributed by atoms with Gasteiger partial charge in [0.05, 0.1) is 0 Å². The van der Waals surface area contributed by atoms with Crippen LogP contribution >= 0.6 is 0 Å². The fourth-order valence-corrected chi connectivity index (χ4v) is 1.25. The first kappa shape index (κ1) is 9.64. The largest absolute Gasteiger partial charge is 0.384 e. The predicted molar refractivity (Wildman–Crippen MR) is 57.7 cm³/mol. The molecule has 0 radical (unpaired) electrons. The van der Waals surface area contributed by atoms with Crippen molar-refractivity contribution in [2.24, 2.45) is 0 Å². The van der Waals surface area contributed by atoms with E-state index in [0.717, 1.165) is 5.82 Å². The minimum Gasteiger partial charge on any atom is -0.384 e. The molecule has 2 aromatic rings. The zero-order valence-corrected chi connectivity index (χ0v) is 8.75. The molecule has 0 saturated heterocycles. The Morgan fingerprint density at radius 3 is 2.73 bits per heavy atom. The van der Waals surface area contributed by atoms with E-state index in [-0.39, 0.29) is 5.92 Å². The maximum absolute atomic E-state index is 5.71. The van der Waals surface area contributed by atoms with Gasteiger partial charge in [-0.2, -0.15) is 5.10 Å². The van der Waals surface area contributed by atoms with E-state index in [2.05, 4.69) is 15.1 Å². The molecule has 15 heavy (non-hydrogen) atoms. The number of rotatable bonds is 2. The molecular weight excluding hydrogens is 190 g/mol. The smallest absolute Gasteiger partial charge is 0.159 e. The third kappa shape index (κ3) is 1.96. The monoisotopic (exact) mass is 203 g/mol. The van der Waals surface area contributed by atoms with Gasteiger partial charge >= 0.3 is 0 Å². The summed E-state index contributed by atoms with van der Waals surface area (Å²) in [6.45, 7) is 4.06. The zero-order chi connectivity index (χ0) is 10.8. The summed E-state index contributed by atoms with van der Waals surface area (Å²) in [6, 6.07) is 3.55. The first-order valence-corrected chi connectivity index (χ1v) is 4.81. The van der Waals surface area contributed by atoms with Gasteiger partial charge < -0.3 is 5.73 Å². The zero-order valence-electron chi connectivity index (χ0n) is 8.75. The van der Waals surface area contributed by atoms with Crippen LogP contribution in [0.1, 0.15) is 25.6 Å². The molecule has 0 spiro atoms. The summed E-state index contributed by atoms with van der Waals surface area (Å²) in [4.78, 5) is 8.55. The highest BCUT2D eigenvalue weighted by Gasteiger charge is 2.07. The Hall–Kier alpha value is -1.91. The Morgan fingerprint density at radius 1 is 1.33 bits per heavy atom. The van der Waals surface area contributed by atoms with E-state index >= 15 is 0 Å². The predicted octanol–water partition coefficient (Wildman–Crippen LogP) is 1.37. The fourth-order valence-electron chi connectivity index (χ4n) is 1.25. The number of aromatic nitrogens is 4. The van der Waals surface area contributed by atoms with Gasteiger partial charge in [-0.1, -0.05) is 13.8 Å². The van der Waals surface area contributed by atoms with Crippen LogP contribution in [0, 0.1) is 0 Å². The lowest BCUT2D eigenvalue weighted by Gasteiger charge is -2.07. The maximum Gasteiger partial charge on any atom is 0.159 e. The molecule has 0 aliphatic heterocycles. The van der Waals surface area contributed by atoms with E-state index in [1.165, 1.54) is 0 Å². The van der Waals surface area contributed by atoms with Crippen molar-refractivity contribution in [3.63, 3.8) is 0 Å². The van der Waals surface area contributed by atoms with E-state index in [1.54, 1.807) is 16.9 Å². The Kier molecular flexibility index (Phi) is 2.37. The van der Waals surface area contributed by atoms with Gasteiger partial charge in [-0.05, 0) is 6.07 Å². The van der Waals surface area contributed by atoms with Crippen LogP contribution in [0.2, 0.25) is 0 Å². The van der Waals surface area contributed by atoms with Gasteiger partial charge in [0.25, 0.3) is 0 Å². The van der Waals surface area contributed by atoms with Gasteiger partial charge in [0.2, 0.25) is 0 Å². The third-order valence-electron chi connectivity index (χ3n) is 2.01. The molecule has 0 aliphatic rings. The van der Waals surface area contributed by atoms with Crippen molar-refractivity contribution >= 4 is 5.82 Å². The molecule has 2 rings (SSSR count). The lowest BCUT2D eigenvalue weighted by atomic mass is 10.2. The van der Waals surface area contributed by atoms with Crippen LogP contribution in [-0.4, -0.2) is 19.7 Å². The molecule has 0 bridgehead atoms. The molecule has 0 saturated carbocycles. The lowest BCUT2D eigenvalue weighted by Crippen LogP contribution is -2.07. The summed E-state index contributed by atoms with van der Waals surface area (Å²) in [5.41, 5.74) is 5.71. The molecule has 0 amide bonds. The molecule has 5 nitrogen and oxygen atoms in total. The van der Waals surface area contributed by atoms with Crippen LogP contribution < -0.4 is 5.73 Å². The van der Waals surface area contributed by atoms with Gasteiger partial charge in [-0.3, -0.25) is 0 Å². The van der Waals surface area contributed by atoms with Gasteiger partial charge in [-0.15, -0.1) is 0 Å². The van der Waals surface area contributed by atoms with Crippen molar-refractivity contribution in [3.05, 3.63) is 30.4 Å². The van der Waals surface area contributed by atoms with Crippen molar-refractivity contribution in [2.45, 2.75) is 19.8 Å². The summed E-state index contributed by atoms with van der Waals surface area (Å²) in [5, 5.41) is 4.10. The standard InChI is InChI=1S/C10H13N5/c1-7(2)10-13-8(11)6-9(14-10)15-5-3-4-12-15/h3-7H,1-2H3,(H2,11,13,14). The molecule has 5 heteroatoms. The highest BCUT2D eigenvalue weighted by Crippen LogP contribution is 2.13. The number of hydrogen-bond acceptors (Lipinski definition) is 4. The second-order valence-corrected chi connectivity index (χ2v) is 3.61. The third-order valence-corrected chi connectivity index (χ3v) is 2.01. The average molecular weight is 203 g/mol. The summed E-state index contributed by atoms with van der Waals surface area (Å²) < 4.78 is 1.67. The Balaban J connectivity index is 2.49. The van der Waals surface area contributed by atoms with Crippen molar-refractivity contribution in [1.29, 1.82) is 0 Å². The Morgan fingerprint density at radius 2 is 2.13 bits per heavy atom. The van der Waals surface area contributed by atoms with E-state index < -0.39 is 0 Å². The summed E-state index contributed by atoms with van der Waals surface area (Å²) in [7, 11) is 0. The number of nitrogen functional groups attached to an aromatic ring is 1. The van der Waals surface area contributed by atoms with E-state index in [4.69, 9.17) is 5.73 Å². The topological polar surface area (TPSA) is 69.6 Å². The van der Waals surface area contributed by atoms with Crippen LogP contribution in [0.4, 0.5) is 5.82 Å². The second kappa shape index (κ2) is 3.68. The Labute approximate surface area is 88.0 Å². The van der Waals surface area contributed by atoms with Gasteiger partial charge in [0.1, 0.15) is 11.6 Å². The van der Waals surface area contributed by atoms with Crippen molar-refractivity contribution < 1.29 is 0 Å². The van der Waals surface area contributed by atoms with E-state index in [1.807, 2.05) is 26.1 Å². The molecule has 0 atom stereocenters. The first-order chi connectivity index (χ1) is 7.16. The molecule has 2 N–H and O–H groups in total. The molecule has 78 valence electrons. The van der Waals surface area contributed by atoms with Gasteiger partial charge in [-0.25, -0.2) is 14.6 Å². The molecule has 0 unspecified atom stereocenters. The molecule has 0 aromatic carbocycles. The lowest BCUT2D eigenvalue weighted by molar-refractivity contribution is 0.748. The number of nitrogens with zero attached hydrogens (tertiary/aromatic N) is 4. The highest BCUT2D eigenvalue weighted by molar-refractivity contribution is 5.37. The van der Waals surface area contributed by atoms with Crippen LogP contribution in [0.15, 0.2) is 24.5 Å². The second-order valence-electron chi connectivity index (χ2n) is 3.61. The maximum atomic E-state index is 5.71. The van der Waals surface area contributed by atoms with Crippen molar-refractivity contribution in [3.8, 4) is 5.82 Å². The molecule has 2 heterocycles. The van der Waals surface area contributed by atoms with Crippen LogP contribution in [0.5, 0.6) is 0 Å². The highest BCUT2D eigenvalue weighted by atomic mass is 15.3. The quantitative estimate of drug-likeness (QED) is 0.800. The molecule has 2 aromatic heterocycles. The number of anilines is 1. The fraction of sp³-hybridized carbons (Fsp3) is 0.300. The van der Waals surface area contributed by atoms with Crippen LogP contribution in [-0.2, 0) is 0 Å². The van der Waals surface area contributed by atoms with Gasteiger partial charge in [0.15, 0.2) is 5.82 Å². The number of hydrogen-bond donors (Lipinski definition) is 1. The summed E-state index contributed by atoms with van der Waals surface area (Å²) >= 11 is 0. The van der Waals surface area contributed by atoms with Crippen LogP contribution in [0.25, 0.3) is 5.82 Å². The van der Waals surface area contributed by atoms with Crippen molar-refractivity contribution in [1.82, 2.24) is 19.7 Å². The molecular formula is C10H13N5. The normalized spacial score (nSPS) is 10.9. The van der Waals surface area contributed by atoms with E-state index in [0.29, 0.717) is 11.6 Å². The minimum absolute atomic E-state index is 0.253.